The van der Waals surface area contributed by atoms with E-state index in [1.54, 1.807) is 0 Å². The second kappa shape index (κ2) is 5.04. The molecule has 4 heteroatoms. The third-order valence-electron chi connectivity index (χ3n) is 4.93. The molecule has 0 radical (unpaired) electrons. The van der Waals surface area contributed by atoms with Crippen molar-refractivity contribution in [3.8, 4) is 0 Å². The molecule has 0 amide bonds. The summed E-state index contributed by atoms with van der Waals surface area (Å²) >= 11 is 1.84. The van der Waals surface area contributed by atoms with Crippen molar-refractivity contribution in [2.45, 2.75) is 44.8 Å². The number of para-hydroxylation sites is 1. The molecule has 1 atom stereocenters. The summed E-state index contributed by atoms with van der Waals surface area (Å²) in [6.45, 7) is 7.91. The highest BCUT2D eigenvalue weighted by Gasteiger charge is 2.40. The van der Waals surface area contributed by atoms with Crippen molar-refractivity contribution in [2.24, 2.45) is 5.92 Å². The third-order valence-corrected chi connectivity index (χ3v) is 5.95. The second-order valence-corrected chi connectivity index (χ2v) is 8.21. The molecule has 1 saturated carbocycles. The first kappa shape index (κ1) is 13.7. The molecule has 21 heavy (non-hydrogen) atoms. The largest absolute Gasteiger partial charge is 0.311 e. The molecule has 1 N–H and O–H groups in total. The van der Waals surface area contributed by atoms with Crippen molar-refractivity contribution in [3.05, 3.63) is 29.3 Å². The van der Waals surface area contributed by atoms with Crippen LogP contribution >= 0.6 is 11.3 Å². The number of hydrogen-bond acceptors (Lipinski definition) is 4. The average Bonchev–Trinajstić information content (AvgIpc) is 3.21. The van der Waals surface area contributed by atoms with Gasteiger partial charge in [0.2, 0.25) is 0 Å². The fraction of sp³-hybridized carbons (Fsp3) is 0.588. The van der Waals surface area contributed by atoms with Gasteiger partial charge < -0.3 is 5.32 Å². The Bertz CT molecular complexity index is 611. The fourth-order valence-electron chi connectivity index (χ4n) is 3.29. The molecule has 4 rings (SSSR count). The van der Waals surface area contributed by atoms with Crippen molar-refractivity contribution in [1.82, 2.24) is 15.2 Å². The average molecular weight is 301 g/mol. The first-order valence-electron chi connectivity index (χ1n) is 7.95. The number of fused-ring (bicyclic) bond motifs is 1. The molecule has 1 unspecified atom stereocenters. The predicted octanol–water partition coefficient (Wildman–Crippen LogP) is 3.26. The topological polar surface area (TPSA) is 28.2 Å². The van der Waals surface area contributed by atoms with E-state index < -0.39 is 0 Å². The Morgan fingerprint density at radius 1 is 1.33 bits per heavy atom. The number of nitrogens with zero attached hydrogens (tertiary/aromatic N) is 2. The molecule has 2 aliphatic rings. The molecule has 112 valence electrons. The molecule has 2 fully saturated rings. The Balaban J connectivity index is 1.55. The molecule has 1 aliphatic heterocycles. The predicted molar refractivity (Wildman–Crippen MR) is 88.6 cm³/mol. The number of thiazole rings is 1. The van der Waals surface area contributed by atoms with Crippen LogP contribution in [0.3, 0.4) is 0 Å². The minimum absolute atomic E-state index is 0.212. The highest BCUT2D eigenvalue weighted by atomic mass is 32.1. The lowest BCUT2D eigenvalue weighted by molar-refractivity contribution is 0.0534. The van der Waals surface area contributed by atoms with Gasteiger partial charge in [0, 0.05) is 24.7 Å². The highest BCUT2D eigenvalue weighted by Crippen LogP contribution is 2.36. The van der Waals surface area contributed by atoms with E-state index in [0.29, 0.717) is 6.04 Å². The monoisotopic (exact) mass is 301 g/mol. The first-order valence-corrected chi connectivity index (χ1v) is 8.76. The minimum Gasteiger partial charge on any atom is -0.311 e. The molecule has 3 nitrogen and oxygen atoms in total. The number of benzene rings is 1. The van der Waals surface area contributed by atoms with Crippen molar-refractivity contribution >= 4 is 21.6 Å². The van der Waals surface area contributed by atoms with Crippen molar-refractivity contribution in [2.75, 3.05) is 13.1 Å². The van der Waals surface area contributed by atoms with Crippen LogP contribution in [0, 0.1) is 5.92 Å². The standard InChI is InChI=1S/C17H23N3S/c1-17(2)11-18-14(12-7-8-12)9-20(17)10-16-19-13-5-3-4-6-15(13)21-16/h3-6,12,14,18H,7-11H2,1-2H3. The van der Waals surface area contributed by atoms with Gasteiger partial charge in [0.1, 0.15) is 5.01 Å². The smallest absolute Gasteiger partial charge is 0.108 e. The number of rotatable bonds is 3. The van der Waals surface area contributed by atoms with Gasteiger partial charge in [-0.05, 0) is 44.7 Å². The lowest BCUT2D eigenvalue weighted by atomic mass is 9.96. The summed E-state index contributed by atoms with van der Waals surface area (Å²) in [5, 5.41) is 5.01. The van der Waals surface area contributed by atoms with Crippen LogP contribution in [0.15, 0.2) is 24.3 Å². The SMILES string of the molecule is CC1(C)CNC(C2CC2)CN1Cc1nc2ccccc2s1. The van der Waals surface area contributed by atoms with Crippen LogP contribution in [0.1, 0.15) is 31.7 Å². The number of piperazine rings is 1. The van der Waals surface area contributed by atoms with Gasteiger partial charge in [-0.3, -0.25) is 4.90 Å². The first-order chi connectivity index (χ1) is 10.1. The Morgan fingerprint density at radius 2 is 2.14 bits per heavy atom. The normalized spacial score (nSPS) is 26.3. The van der Waals surface area contributed by atoms with Crippen LogP contribution in [-0.2, 0) is 6.54 Å². The molecular formula is C17H23N3S. The van der Waals surface area contributed by atoms with Crippen molar-refractivity contribution in [1.29, 1.82) is 0 Å². The summed E-state index contributed by atoms with van der Waals surface area (Å²) in [6.07, 6.45) is 2.82. The van der Waals surface area contributed by atoms with Gasteiger partial charge in [0.25, 0.3) is 0 Å². The molecule has 1 aromatic heterocycles. The quantitative estimate of drug-likeness (QED) is 0.943. The van der Waals surface area contributed by atoms with E-state index in [2.05, 4.69) is 48.3 Å². The number of nitrogens with one attached hydrogen (secondary N) is 1. The summed E-state index contributed by atoms with van der Waals surface area (Å²) in [5.74, 6) is 0.916. The van der Waals surface area contributed by atoms with Crippen LogP contribution < -0.4 is 5.32 Å². The molecule has 1 aromatic carbocycles. The van der Waals surface area contributed by atoms with Gasteiger partial charge in [-0.15, -0.1) is 11.3 Å². The maximum atomic E-state index is 4.81. The summed E-state index contributed by atoms with van der Waals surface area (Å²) in [4.78, 5) is 7.44. The van der Waals surface area contributed by atoms with Crippen molar-refractivity contribution in [3.63, 3.8) is 0 Å². The summed E-state index contributed by atoms with van der Waals surface area (Å²) in [7, 11) is 0. The zero-order chi connectivity index (χ0) is 14.4. The van der Waals surface area contributed by atoms with E-state index in [-0.39, 0.29) is 5.54 Å². The Kier molecular flexibility index (Phi) is 3.28. The third kappa shape index (κ3) is 2.72. The highest BCUT2D eigenvalue weighted by molar-refractivity contribution is 7.18. The van der Waals surface area contributed by atoms with Gasteiger partial charge in [-0.1, -0.05) is 12.1 Å². The summed E-state index contributed by atoms with van der Waals surface area (Å²) in [5.41, 5.74) is 1.35. The number of hydrogen-bond donors (Lipinski definition) is 1. The fourth-order valence-corrected chi connectivity index (χ4v) is 4.27. The Morgan fingerprint density at radius 3 is 2.90 bits per heavy atom. The summed E-state index contributed by atoms with van der Waals surface area (Å²) < 4.78 is 1.30. The van der Waals surface area contributed by atoms with E-state index in [1.165, 1.54) is 22.5 Å². The van der Waals surface area contributed by atoms with Crippen LogP contribution in [-0.4, -0.2) is 34.6 Å². The van der Waals surface area contributed by atoms with E-state index in [4.69, 9.17) is 4.98 Å². The number of aromatic nitrogens is 1. The summed E-state index contributed by atoms with van der Waals surface area (Å²) in [6, 6.07) is 9.15. The molecule has 1 aliphatic carbocycles. The zero-order valence-electron chi connectivity index (χ0n) is 12.8. The van der Waals surface area contributed by atoms with Gasteiger partial charge in [-0.2, -0.15) is 0 Å². The van der Waals surface area contributed by atoms with Crippen LogP contribution in [0.4, 0.5) is 0 Å². The molecule has 2 aromatic rings. The zero-order valence-corrected chi connectivity index (χ0v) is 13.6. The lowest BCUT2D eigenvalue weighted by Gasteiger charge is -2.46. The van der Waals surface area contributed by atoms with Gasteiger partial charge >= 0.3 is 0 Å². The Labute approximate surface area is 130 Å². The second-order valence-electron chi connectivity index (χ2n) is 7.09. The van der Waals surface area contributed by atoms with Crippen LogP contribution in [0.25, 0.3) is 10.2 Å². The van der Waals surface area contributed by atoms with E-state index >= 15 is 0 Å². The van der Waals surface area contributed by atoms with E-state index in [0.717, 1.165) is 31.1 Å². The van der Waals surface area contributed by atoms with Gasteiger partial charge in [-0.25, -0.2) is 4.98 Å². The lowest BCUT2D eigenvalue weighted by Crippen LogP contribution is -2.62. The van der Waals surface area contributed by atoms with Gasteiger partial charge in [0.05, 0.1) is 16.8 Å². The van der Waals surface area contributed by atoms with Crippen molar-refractivity contribution < 1.29 is 0 Å². The molecule has 0 bridgehead atoms. The minimum atomic E-state index is 0.212. The van der Waals surface area contributed by atoms with Crippen LogP contribution in [0.5, 0.6) is 0 Å². The van der Waals surface area contributed by atoms with Crippen LogP contribution in [0.2, 0.25) is 0 Å². The molecule has 2 heterocycles. The Hall–Kier alpha value is -0.970. The van der Waals surface area contributed by atoms with E-state index in [1.807, 2.05) is 11.3 Å². The molecule has 0 spiro atoms. The molecule has 1 saturated heterocycles. The van der Waals surface area contributed by atoms with E-state index in [9.17, 15) is 0 Å². The van der Waals surface area contributed by atoms with Gasteiger partial charge in [0.15, 0.2) is 0 Å². The maximum Gasteiger partial charge on any atom is 0.108 e. The maximum absolute atomic E-state index is 4.81. The molecular weight excluding hydrogens is 278 g/mol.